The topological polar surface area (TPSA) is 75.9 Å². The molecule has 2 aromatic heterocycles. The van der Waals surface area contributed by atoms with Crippen LogP contribution in [0.3, 0.4) is 0 Å². The lowest BCUT2D eigenvalue weighted by Crippen LogP contribution is -2.38. The van der Waals surface area contributed by atoms with Crippen molar-refractivity contribution >= 4 is 17.6 Å². The van der Waals surface area contributed by atoms with Crippen LogP contribution in [0.15, 0.2) is 30.6 Å². The van der Waals surface area contributed by atoms with Crippen LogP contribution in [0.5, 0.6) is 0 Å². The SMILES string of the molecule is CC(C)(C)OC(=O)N(CCCCNC(=O)C(F)(F)F)Cc1cccc2nccn12. The Morgan fingerprint density at radius 2 is 1.93 bits per heavy atom. The van der Waals surface area contributed by atoms with Crippen molar-refractivity contribution in [3.8, 4) is 0 Å². The summed E-state index contributed by atoms with van der Waals surface area (Å²) in [5.74, 6) is -1.96. The fourth-order valence-corrected chi connectivity index (χ4v) is 2.62. The maximum absolute atomic E-state index is 12.6. The van der Waals surface area contributed by atoms with Gasteiger partial charge in [-0.2, -0.15) is 13.2 Å². The summed E-state index contributed by atoms with van der Waals surface area (Å²) in [6, 6.07) is 5.53. The molecule has 2 aromatic rings. The second kappa shape index (κ2) is 9.15. The van der Waals surface area contributed by atoms with E-state index in [-0.39, 0.29) is 26.1 Å². The third kappa shape index (κ3) is 6.95. The van der Waals surface area contributed by atoms with Crippen molar-refractivity contribution in [3.63, 3.8) is 0 Å². The molecule has 0 spiro atoms. The quantitative estimate of drug-likeness (QED) is 0.704. The van der Waals surface area contributed by atoms with Crippen LogP contribution in [0.2, 0.25) is 0 Å². The number of alkyl halides is 3. The predicted molar refractivity (Wildman–Crippen MR) is 100 cm³/mol. The molecule has 0 saturated carbocycles. The number of amides is 2. The van der Waals surface area contributed by atoms with Gasteiger partial charge in [0.1, 0.15) is 11.2 Å². The van der Waals surface area contributed by atoms with Gasteiger partial charge in [0.15, 0.2) is 0 Å². The molecule has 0 unspecified atom stereocenters. The van der Waals surface area contributed by atoms with Crippen molar-refractivity contribution in [1.29, 1.82) is 0 Å². The molecule has 0 saturated heterocycles. The van der Waals surface area contributed by atoms with Gasteiger partial charge in [0, 0.05) is 31.2 Å². The molecule has 160 valence electrons. The molecule has 0 aliphatic heterocycles. The lowest BCUT2D eigenvalue weighted by molar-refractivity contribution is -0.173. The second-order valence-corrected chi connectivity index (χ2v) is 7.54. The summed E-state index contributed by atoms with van der Waals surface area (Å²) in [5, 5.41) is 1.82. The fraction of sp³-hybridized carbons (Fsp3) is 0.526. The second-order valence-electron chi connectivity index (χ2n) is 7.54. The number of pyridine rings is 1. The van der Waals surface area contributed by atoms with Gasteiger partial charge in [-0.25, -0.2) is 9.78 Å². The zero-order valence-electron chi connectivity index (χ0n) is 16.6. The molecule has 1 N–H and O–H groups in total. The van der Waals surface area contributed by atoms with Gasteiger partial charge in [0.2, 0.25) is 0 Å². The van der Waals surface area contributed by atoms with E-state index in [4.69, 9.17) is 4.74 Å². The van der Waals surface area contributed by atoms with Gasteiger partial charge in [-0.3, -0.25) is 4.79 Å². The van der Waals surface area contributed by atoms with E-state index in [1.165, 1.54) is 4.90 Å². The molecule has 0 aromatic carbocycles. The fourth-order valence-electron chi connectivity index (χ4n) is 2.62. The van der Waals surface area contributed by atoms with Crippen LogP contribution >= 0.6 is 0 Å². The summed E-state index contributed by atoms with van der Waals surface area (Å²) in [6.07, 6.45) is -1.29. The summed E-state index contributed by atoms with van der Waals surface area (Å²) >= 11 is 0. The molecule has 0 aliphatic carbocycles. The largest absolute Gasteiger partial charge is 0.471 e. The van der Waals surface area contributed by atoms with Crippen LogP contribution in [-0.2, 0) is 16.1 Å². The van der Waals surface area contributed by atoms with Gasteiger partial charge in [0.05, 0.1) is 6.54 Å². The summed E-state index contributed by atoms with van der Waals surface area (Å²) < 4.78 is 43.9. The molecule has 2 rings (SSSR count). The number of imidazole rings is 1. The van der Waals surface area contributed by atoms with Gasteiger partial charge >= 0.3 is 18.2 Å². The average molecular weight is 414 g/mol. The Labute approximate surface area is 166 Å². The van der Waals surface area contributed by atoms with Gasteiger partial charge in [-0.05, 0) is 45.7 Å². The molecule has 0 fully saturated rings. The number of carbonyl (C=O) groups excluding carboxylic acids is 2. The molecule has 7 nitrogen and oxygen atoms in total. The van der Waals surface area contributed by atoms with Crippen LogP contribution in [0.4, 0.5) is 18.0 Å². The summed E-state index contributed by atoms with van der Waals surface area (Å²) in [6.45, 7) is 5.65. The maximum Gasteiger partial charge on any atom is 0.471 e. The first-order valence-electron chi connectivity index (χ1n) is 9.21. The molecule has 29 heavy (non-hydrogen) atoms. The molecule has 0 aliphatic rings. The summed E-state index contributed by atoms with van der Waals surface area (Å²) in [5.41, 5.74) is 0.870. The van der Waals surface area contributed by atoms with E-state index in [2.05, 4.69) is 4.98 Å². The number of fused-ring (bicyclic) bond motifs is 1. The Kier molecular flexibility index (Phi) is 7.10. The highest BCUT2D eigenvalue weighted by Gasteiger charge is 2.38. The molecule has 2 amide bonds. The van der Waals surface area contributed by atoms with E-state index in [9.17, 15) is 22.8 Å². The first-order chi connectivity index (χ1) is 13.5. The van der Waals surface area contributed by atoms with Gasteiger partial charge < -0.3 is 19.4 Å². The van der Waals surface area contributed by atoms with E-state index in [1.807, 2.05) is 27.9 Å². The lowest BCUT2D eigenvalue weighted by atomic mass is 10.2. The Bertz CT molecular complexity index is 843. The van der Waals surface area contributed by atoms with Crippen LogP contribution in [-0.4, -0.2) is 51.2 Å². The standard InChI is InChI=1S/C19H25F3N4O3/c1-18(2,3)29-17(28)25(11-5-4-9-24-16(27)19(20,21)22)13-14-7-6-8-15-23-10-12-26(14)15/h6-8,10,12H,4-5,9,11,13H2,1-3H3,(H,24,27). The first kappa shape index (κ1) is 22.5. The van der Waals surface area contributed by atoms with Crippen molar-refractivity contribution < 1.29 is 27.5 Å². The maximum atomic E-state index is 12.6. The van der Waals surface area contributed by atoms with Crippen LogP contribution in [0, 0.1) is 0 Å². The Morgan fingerprint density at radius 3 is 2.59 bits per heavy atom. The number of nitrogens with zero attached hydrogens (tertiary/aromatic N) is 3. The highest BCUT2D eigenvalue weighted by atomic mass is 19.4. The molecule has 10 heteroatoms. The summed E-state index contributed by atoms with van der Waals surface area (Å²) in [7, 11) is 0. The zero-order valence-corrected chi connectivity index (χ0v) is 16.6. The number of ether oxygens (including phenoxy) is 1. The summed E-state index contributed by atoms with van der Waals surface area (Å²) in [4.78, 5) is 29.1. The minimum absolute atomic E-state index is 0.127. The minimum atomic E-state index is -4.90. The highest BCUT2D eigenvalue weighted by molar-refractivity contribution is 5.81. The van der Waals surface area contributed by atoms with Crippen molar-refractivity contribution in [2.24, 2.45) is 0 Å². The van der Waals surface area contributed by atoms with E-state index in [0.717, 1.165) is 11.3 Å². The average Bonchev–Trinajstić information content (AvgIpc) is 3.07. The van der Waals surface area contributed by atoms with Crippen molar-refractivity contribution in [1.82, 2.24) is 19.6 Å². The zero-order chi connectivity index (χ0) is 21.7. The van der Waals surface area contributed by atoms with E-state index < -0.39 is 23.8 Å². The Morgan fingerprint density at radius 1 is 1.21 bits per heavy atom. The number of hydrogen-bond donors (Lipinski definition) is 1. The molecule has 0 atom stereocenters. The number of halogens is 3. The first-order valence-corrected chi connectivity index (χ1v) is 9.21. The van der Waals surface area contributed by atoms with Crippen LogP contribution < -0.4 is 5.32 Å². The van der Waals surface area contributed by atoms with Crippen molar-refractivity contribution in [2.45, 2.75) is 51.9 Å². The number of nitrogens with one attached hydrogen (secondary N) is 1. The highest BCUT2D eigenvalue weighted by Crippen LogP contribution is 2.16. The minimum Gasteiger partial charge on any atom is -0.444 e. The number of rotatable bonds is 7. The molecular formula is C19H25F3N4O3. The van der Waals surface area contributed by atoms with E-state index >= 15 is 0 Å². The molecule has 0 bridgehead atoms. The van der Waals surface area contributed by atoms with Gasteiger partial charge in [-0.15, -0.1) is 0 Å². The molecule has 2 heterocycles. The lowest BCUT2D eigenvalue weighted by Gasteiger charge is -2.27. The number of hydrogen-bond acceptors (Lipinski definition) is 4. The predicted octanol–water partition coefficient (Wildman–Crippen LogP) is 3.53. The van der Waals surface area contributed by atoms with Gasteiger partial charge in [0.25, 0.3) is 0 Å². The molecular weight excluding hydrogens is 389 g/mol. The monoisotopic (exact) mass is 414 g/mol. The van der Waals surface area contributed by atoms with Crippen LogP contribution in [0.25, 0.3) is 5.65 Å². The number of carbonyl (C=O) groups is 2. The van der Waals surface area contributed by atoms with Gasteiger partial charge in [-0.1, -0.05) is 6.07 Å². The number of unbranched alkanes of at least 4 members (excludes halogenated alkanes) is 1. The smallest absolute Gasteiger partial charge is 0.444 e. The van der Waals surface area contributed by atoms with E-state index in [0.29, 0.717) is 6.42 Å². The molecule has 0 radical (unpaired) electrons. The number of aromatic nitrogens is 2. The van der Waals surface area contributed by atoms with Crippen molar-refractivity contribution in [2.75, 3.05) is 13.1 Å². The van der Waals surface area contributed by atoms with Crippen molar-refractivity contribution in [3.05, 3.63) is 36.3 Å². The Balaban J connectivity index is 1.99. The normalized spacial score (nSPS) is 12.1. The Hall–Kier alpha value is -2.78. The van der Waals surface area contributed by atoms with E-state index in [1.54, 1.807) is 33.2 Å². The van der Waals surface area contributed by atoms with Crippen LogP contribution in [0.1, 0.15) is 39.3 Å². The third-order valence-electron chi connectivity index (χ3n) is 3.92. The third-order valence-corrected chi connectivity index (χ3v) is 3.92.